The second kappa shape index (κ2) is 9.56. The zero-order valence-corrected chi connectivity index (χ0v) is 14.9. The molecule has 0 bridgehead atoms. The van der Waals surface area contributed by atoms with Gasteiger partial charge in [0.2, 0.25) is 0 Å². The Morgan fingerprint density at radius 2 is 1.50 bits per heavy atom. The summed E-state index contributed by atoms with van der Waals surface area (Å²) in [5, 5.41) is 6.42. The number of aliphatic imine (C=N–C) groups is 1. The van der Waals surface area contributed by atoms with E-state index in [9.17, 15) is 0 Å². The van der Waals surface area contributed by atoms with E-state index in [1.165, 1.54) is 0 Å². The molecule has 0 aromatic heterocycles. The Morgan fingerprint density at radius 3 is 2.08 bits per heavy atom. The average molecular weight is 354 g/mol. The number of rotatable bonds is 9. The van der Waals surface area contributed by atoms with E-state index in [0.717, 1.165) is 61.2 Å². The normalized spacial score (nSPS) is 13.0. The molecule has 0 amide bonds. The predicted molar refractivity (Wildman–Crippen MR) is 106 cm³/mol. The van der Waals surface area contributed by atoms with Gasteiger partial charge in [-0.2, -0.15) is 0 Å². The van der Waals surface area contributed by atoms with Crippen LogP contribution in [0.3, 0.4) is 0 Å². The number of unbranched alkanes of at least 4 members (excludes halogenated alkanes) is 2. The Labute approximate surface area is 154 Å². The molecule has 0 spiro atoms. The van der Waals surface area contributed by atoms with Crippen molar-refractivity contribution in [3.63, 3.8) is 0 Å². The number of guanidine groups is 1. The monoisotopic (exact) mass is 354 g/mol. The molecular weight excluding hydrogens is 328 g/mol. The maximum absolute atomic E-state index is 5.78. The molecule has 0 saturated heterocycles. The minimum Gasteiger partial charge on any atom is -0.494 e. The topological polar surface area (TPSA) is 80.9 Å². The van der Waals surface area contributed by atoms with Crippen LogP contribution in [-0.4, -0.2) is 32.3 Å². The third kappa shape index (κ3) is 5.88. The highest BCUT2D eigenvalue weighted by molar-refractivity contribution is 5.94. The molecule has 0 fully saturated rings. The number of anilines is 2. The Morgan fingerprint density at radius 1 is 0.885 bits per heavy atom. The van der Waals surface area contributed by atoms with Gasteiger partial charge in [0.1, 0.15) is 11.5 Å². The van der Waals surface area contributed by atoms with E-state index in [1.54, 1.807) is 0 Å². The highest BCUT2D eigenvalue weighted by Gasteiger charge is 2.04. The molecule has 0 unspecified atom stereocenters. The molecule has 1 aliphatic rings. The number of benzene rings is 2. The van der Waals surface area contributed by atoms with Gasteiger partial charge >= 0.3 is 0 Å². The average Bonchev–Trinajstić information content (AvgIpc) is 3.17. The molecule has 138 valence electrons. The number of ether oxygens (including phenoxy) is 2. The van der Waals surface area contributed by atoms with Gasteiger partial charge in [0, 0.05) is 17.9 Å². The van der Waals surface area contributed by atoms with Crippen LogP contribution < -0.4 is 25.8 Å². The quantitative estimate of drug-likeness (QED) is 0.476. The van der Waals surface area contributed by atoms with Crippen LogP contribution in [0.2, 0.25) is 0 Å². The molecule has 1 heterocycles. The van der Waals surface area contributed by atoms with E-state index < -0.39 is 0 Å². The van der Waals surface area contributed by atoms with Gasteiger partial charge in [0.25, 0.3) is 0 Å². The largest absolute Gasteiger partial charge is 0.494 e. The molecule has 0 atom stereocenters. The maximum atomic E-state index is 5.78. The first-order valence-electron chi connectivity index (χ1n) is 9.06. The summed E-state index contributed by atoms with van der Waals surface area (Å²) in [4.78, 5) is 4.31. The van der Waals surface area contributed by atoms with Crippen LogP contribution in [0.5, 0.6) is 11.5 Å². The summed E-state index contributed by atoms with van der Waals surface area (Å²) in [7, 11) is 0. The molecule has 4 N–H and O–H groups in total. The van der Waals surface area contributed by atoms with Gasteiger partial charge in [0.15, 0.2) is 5.96 Å². The number of nitrogen functional groups attached to an aromatic ring is 1. The van der Waals surface area contributed by atoms with E-state index in [2.05, 4.69) is 15.6 Å². The SMILES string of the molecule is Nc1ccc(OCCCCCOc2ccc(NC3=NCCN3)cc2)cc1. The molecule has 6 heteroatoms. The molecule has 2 aromatic carbocycles. The van der Waals surface area contributed by atoms with Crippen molar-refractivity contribution in [2.24, 2.45) is 4.99 Å². The van der Waals surface area contributed by atoms with Gasteiger partial charge in [-0.1, -0.05) is 0 Å². The van der Waals surface area contributed by atoms with E-state index >= 15 is 0 Å². The van der Waals surface area contributed by atoms with Crippen LogP contribution in [0.15, 0.2) is 53.5 Å². The minimum absolute atomic E-state index is 0.711. The van der Waals surface area contributed by atoms with Gasteiger partial charge < -0.3 is 25.8 Å². The molecular formula is C20H26N4O2. The summed E-state index contributed by atoms with van der Waals surface area (Å²) >= 11 is 0. The second-order valence-corrected chi connectivity index (χ2v) is 6.13. The van der Waals surface area contributed by atoms with Gasteiger partial charge in [-0.25, -0.2) is 0 Å². The van der Waals surface area contributed by atoms with Crippen molar-refractivity contribution in [2.45, 2.75) is 19.3 Å². The van der Waals surface area contributed by atoms with Crippen LogP contribution in [0, 0.1) is 0 Å². The van der Waals surface area contributed by atoms with Crippen molar-refractivity contribution in [1.82, 2.24) is 5.32 Å². The zero-order valence-electron chi connectivity index (χ0n) is 14.9. The first-order valence-corrected chi connectivity index (χ1v) is 9.06. The molecule has 0 saturated carbocycles. The summed E-state index contributed by atoms with van der Waals surface area (Å²) in [6.07, 6.45) is 3.08. The van der Waals surface area contributed by atoms with Crippen molar-refractivity contribution in [2.75, 3.05) is 37.4 Å². The number of nitrogens with zero attached hydrogens (tertiary/aromatic N) is 1. The Hall–Kier alpha value is -2.89. The smallest absolute Gasteiger partial charge is 0.195 e. The maximum Gasteiger partial charge on any atom is 0.195 e. The molecule has 1 aliphatic heterocycles. The third-order valence-electron chi connectivity index (χ3n) is 4.00. The fourth-order valence-electron chi connectivity index (χ4n) is 2.58. The van der Waals surface area contributed by atoms with Gasteiger partial charge in [0.05, 0.1) is 19.8 Å². The van der Waals surface area contributed by atoms with Crippen LogP contribution in [0.1, 0.15) is 19.3 Å². The summed E-state index contributed by atoms with van der Waals surface area (Å²) in [5.74, 6) is 2.58. The first kappa shape index (κ1) is 17.9. The highest BCUT2D eigenvalue weighted by atomic mass is 16.5. The molecule has 2 aromatic rings. The number of nitrogens with two attached hydrogens (primary N) is 1. The Kier molecular flexibility index (Phi) is 6.59. The van der Waals surface area contributed by atoms with Crippen molar-refractivity contribution in [1.29, 1.82) is 0 Å². The first-order chi connectivity index (χ1) is 12.8. The number of hydrogen-bond donors (Lipinski definition) is 3. The van der Waals surface area contributed by atoms with Crippen LogP contribution in [0.4, 0.5) is 11.4 Å². The van der Waals surface area contributed by atoms with E-state index in [-0.39, 0.29) is 0 Å². The van der Waals surface area contributed by atoms with Gasteiger partial charge in [-0.05, 0) is 67.8 Å². The predicted octanol–water partition coefficient (Wildman–Crippen LogP) is 3.27. The number of nitrogens with one attached hydrogen (secondary N) is 2. The van der Waals surface area contributed by atoms with Crippen molar-refractivity contribution in [3.8, 4) is 11.5 Å². The van der Waals surface area contributed by atoms with Crippen LogP contribution in [-0.2, 0) is 0 Å². The van der Waals surface area contributed by atoms with Crippen molar-refractivity contribution in [3.05, 3.63) is 48.5 Å². The van der Waals surface area contributed by atoms with E-state index in [0.29, 0.717) is 13.2 Å². The molecule has 0 radical (unpaired) electrons. The highest BCUT2D eigenvalue weighted by Crippen LogP contribution is 2.17. The molecule has 3 rings (SSSR count). The Bertz CT molecular complexity index is 699. The molecule has 26 heavy (non-hydrogen) atoms. The summed E-state index contributed by atoms with van der Waals surface area (Å²) in [6.45, 7) is 3.15. The lowest BCUT2D eigenvalue weighted by atomic mass is 10.2. The van der Waals surface area contributed by atoms with E-state index in [1.807, 2.05) is 48.5 Å². The van der Waals surface area contributed by atoms with Gasteiger partial charge in [-0.3, -0.25) is 4.99 Å². The molecule has 6 nitrogen and oxygen atoms in total. The van der Waals surface area contributed by atoms with Crippen molar-refractivity contribution >= 4 is 17.3 Å². The van der Waals surface area contributed by atoms with Gasteiger partial charge in [-0.15, -0.1) is 0 Å². The third-order valence-corrected chi connectivity index (χ3v) is 4.00. The van der Waals surface area contributed by atoms with Crippen molar-refractivity contribution < 1.29 is 9.47 Å². The van der Waals surface area contributed by atoms with E-state index in [4.69, 9.17) is 15.2 Å². The lowest BCUT2D eigenvalue weighted by Gasteiger charge is -2.09. The molecule has 0 aliphatic carbocycles. The lowest BCUT2D eigenvalue weighted by Crippen LogP contribution is -2.26. The standard InChI is InChI=1S/C20H26N4O2/c21-16-4-8-18(9-5-16)25-14-2-1-3-15-26-19-10-6-17(7-11-19)24-20-22-12-13-23-20/h4-11H,1-3,12-15,21H2,(H2,22,23,24). The fraction of sp³-hybridized carbons (Fsp3) is 0.350. The second-order valence-electron chi connectivity index (χ2n) is 6.13. The Balaban J connectivity index is 1.26. The summed E-state index contributed by atoms with van der Waals surface area (Å²) < 4.78 is 11.5. The van der Waals surface area contributed by atoms with Crippen LogP contribution >= 0.6 is 0 Å². The zero-order chi connectivity index (χ0) is 18.0. The minimum atomic E-state index is 0.711. The summed E-state index contributed by atoms with van der Waals surface area (Å²) in [5.41, 5.74) is 7.41. The van der Waals surface area contributed by atoms with Crippen LogP contribution in [0.25, 0.3) is 0 Å². The fourth-order valence-corrected chi connectivity index (χ4v) is 2.58. The lowest BCUT2D eigenvalue weighted by molar-refractivity contribution is 0.279. The number of hydrogen-bond acceptors (Lipinski definition) is 6. The summed E-state index contributed by atoms with van der Waals surface area (Å²) in [6, 6.07) is 15.4.